The van der Waals surface area contributed by atoms with Gasteiger partial charge in [0.05, 0.1) is 13.7 Å². The maximum absolute atomic E-state index is 12.4. The van der Waals surface area contributed by atoms with Crippen LogP contribution in [0.15, 0.2) is 38.8 Å². The van der Waals surface area contributed by atoms with E-state index in [9.17, 15) is 13.2 Å². The van der Waals surface area contributed by atoms with Gasteiger partial charge in [-0.2, -0.15) is 23.1 Å². The summed E-state index contributed by atoms with van der Waals surface area (Å²) in [6, 6.07) is 6.24. The van der Waals surface area contributed by atoms with Gasteiger partial charge in [0.15, 0.2) is 0 Å². The van der Waals surface area contributed by atoms with Crippen LogP contribution in [0.1, 0.15) is 11.5 Å². The summed E-state index contributed by atoms with van der Waals surface area (Å²) in [6.45, 7) is 0.201. The average Bonchev–Trinajstić information content (AvgIpc) is 3.03. The lowest BCUT2D eigenvalue weighted by atomic mass is 10.1. The van der Waals surface area contributed by atoms with Crippen molar-refractivity contribution in [3.63, 3.8) is 0 Å². The zero-order valence-electron chi connectivity index (χ0n) is 12.4. The molecule has 11 heteroatoms. The van der Waals surface area contributed by atoms with Gasteiger partial charge in [-0.25, -0.2) is 4.99 Å². The summed E-state index contributed by atoms with van der Waals surface area (Å²) < 4.78 is 46.1. The number of alkyl halides is 3. The van der Waals surface area contributed by atoms with E-state index in [1.807, 2.05) is 0 Å². The summed E-state index contributed by atoms with van der Waals surface area (Å²) in [5.41, 5.74) is 12.0. The number of nitrogens with zero attached hydrogens (tertiary/aromatic N) is 4. The smallest absolute Gasteiger partial charge is 0.468 e. The van der Waals surface area contributed by atoms with Gasteiger partial charge in [-0.05, 0) is 5.56 Å². The van der Waals surface area contributed by atoms with Crippen molar-refractivity contribution in [2.45, 2.75) is 12.7 Å². The summed E-state index contributed by atoms with van der Waals surface area (Å²) >= 11 is 0. The van der Waals surface area contributed by atoms with Crippen LogP contribution in [0.3, 0.4) is 0 Å². The van der Waals surface area contributed by atoms with Crippen LogP contribution in [0, 0.1) is 0 Å². The van der Waals surface area contributed by atoms with E-state index in [0.29, 0.717) is 5.56 Å². The van der Waals surface area contributed by atoms with Crippen molar-refractivity contribution in [1.82, 2.24) is 10.1 Å². The Balaban J connectivity index is 2.08. The van der Waals surface area contributed by atoms with Crippen molar-refractivity contribution in [2.24, 2.45) is 21.5 Å². The Hall–Kier alpha value is -3.11. The molecule has 4 N–H and O–H groups in total. The molecule has 0 radical (unpaired) electrons. The molecular weight excluding hydrogens is 329 g/mol. The first kappa shape index (κ1) is 17.2. The Bertz CT molecular complexity index is 752. The fraction of sp³-hybridized carbons (Fsp3) is 0.231. The second-order valence-electron chi connectivity index (χ2n) is 4.45. The molecule has 0 aliphatic carbocycles. The molecule has 0 saturated heterocycles. The van der Waals surface area contributed by atoms with E-state index in [2.05, 4.69) is 29.4 Å². The molecule has 0 aliphatic heterocycles. The highest BCUT2D eigenvalue weighted by molar-refractivity contribution is 5.90. The minimum Gasteiger partial charge on any atom is -0.468 e. The van der Waals surface area contributed by atoms with E-state index in [1.54, 1.807) is 24.3 Å². The van der Waals surface area contributed by atoms with E-state index in [1.165, 1.54) is 7.11 Å². The molecule has 2 aromatic rings. The first-order chi connectivity index (χ1) is 11.3. The average molecular weight is 342 g/mol. The number of ether oxygens (including phenoxy) is 1. The molecule has 0 atom stereocenters. The third-order valence-corrected chi connectivity index (χ3v) is 2.74. The second kappa shape index (κ2) is 6.98. The lowest BCUT2D eigenvalue weighted by Gasteiger charge is -2.00. The van der Waals surface area contributed by atoms with Gasteiger partial charge in [0.1, 0.15) is 0 Å². The molecule has 8 nitrogen and oxygen atoms in total. The number of hydrogen-bond donors (Lipinski definition) is 2. The quantitative estimate of drug-likeness (QED) is 0.644. The van der Waals surface area contributed by atoms with Crippen LogP contribution in [-0.4, -0.2) is 29.2 Å². The molecule has 1 aromatic heterocycles. The Labute approximate surface area is 134 Å². The van der Waals surface area contributed by atoms with Gasteiger partial charge in [-0.15, -0.1) is 0 Å². The fourth-order valence-corrected chi connectivity index (χ4v) is 1.58. The first-order valence-corrected chi connectivity index (χ1v) is 6.48. The molecular formula is C13H13F3N6O2. The molecule has 2 rings (SSSR count). The minimum absolute atomic E-state index is 0.0635. The van der Waals surface area contributed by atoms with Crippen LogP contribution in [0.5, 0.6) is 0 Å². The molecule has 0 bridgehead atoms. The van der Waals surface area contributed by atoms with Crippen molar-refractivity contribution in [2.75, 3.05) is 7.11 Å². The molecule has 128 valence electrons. The van der Waals surface area contributed by atoms with Gasteiger partial charge < -0.3 is 20.7 Å². The molecule has 0 spiro atoms. The number of aliphatic imine (C=N–C) groups is 2. The lowest BCUT2D eigenvalue weighted by Crippen LogP contribution is -2.20. The summed E-state index contributed by atoms with van der Waals surface area (Å²) in [5.74, 6) is -1.62. The van der Waals surface area contributed by atoms with E-state index in [0.717, 1.165) is 5.56 Å². The topological polar surface area (TPSA) is 125 Å². The molecule has 0 fully saturated rings. The van der Waals surface area contributed by atoms with Crippen LogP contribution < -0.4 is 11.5 Å². The highest BCUT2D eigenvalue weighted by Crippen LogP contribution is 2.29. The van der Waals surface area contributed by atoms with E-state index < -0.39 is 12.1 Å². The number of amidine groups is 1. The SMILES string of the molecule is COC(N)=NC(N)=NCc1ccc(-c2noc(C(F)(F)F)n2)cc1. The zero-order chi connectivity index (χ0) is 17.7. The van der Waals surface area contributed by atoms with E-state index >= 15 is 0 Å². The highest BCUT2D eigenvalue weighted by Gasteiger charge is 2.38. The Morgan fingerprint density at radius 3 is 2.46 bits per heavy atom. The van der Waals surface area contributed by atoms with E-state index in [-0.39, 0.29) is 24.4 Å². The number of methoxy groups -OCH3 is 1. The molecule has 0 saturated carbocycles. The Morgan fingerprint density at radius 1 is 1.25 bits per heavy atom. The molecule has 24 heavy (non-hydrogen) atoms. The first-order valence-electron chi connectivity index (χ1n) is 6.48. The Morgan fingerprint density at radius 2 is 1.92 bits per heavy atom. The van der Waals surface area contributed by atoms with Crippen molar-refractivity contribution < 1.29 is 22.4 Å². The third-order valence-electron chi connectivity index (χ3n) is 2.74. The predicted molar refractivity (Wildman–Crippen MR) is 78.7 cm³/mol. The number of benzene rings is 1. The summed E-state index contributed by atoms with van der Waals surface area (Å²) in [4.78, 5) is 10.9. The largest absolute Gasteiger partial charge is 0.471 e. The number of guanidine groups is 1. The van der Waals surface area contributed by atoms with Crippen molar-refractivity contribution in [3.05, 3.63) is 35.7 Å². The number of aromatic nitrogens is 2. The van der Waals surface area contributed by atoms with Crippen LogP contribution in [-0.2, 0) is 17.5 Å². The Kier molecular flexibility index (Phi) is 5.02. The molecule has 1 heterocycles. The van der Waals surface area contributed by atoms with Crippen LogP contribution >= 0.6 is 0 Å². The summed E-state index contributed by atoms with van der Waals surface area (Å²) in [7, 11) is 1.34. The third kappa shape index (κ3) is 4.44. The van der Waals surface area contributed by atoms with Crippen molar-refractivity contribution in [3.8, 4) is 11.4 Å². The van der Waals surface area contributed by atoms with Gasteiger partial charge in [0.2, 0.25) is 11.8 Å². The normalized spacial score (nSPS) is 13.2. The maximum atomic E-state index is 12.4. The van der Waals surface area contributed by atoms with Crippen molar-refractivity contribution in [1.29, 1.82) is 0 Å². The maximum Gasteiger partial charge on any atom is 0.471 e. The van der Waals surface area contributed by atoms with Crippen LogP contribution in [0.2, 0.25) is 0 Å². The van der Waals surface area contributed by atoms with Gasteiger partial charge in [-0.1, -0.05) is 29.4 Å². The van der Waals surface area contributed by atoms with Gasteiger partial charge >= 0.3 is 12.1 Å². The number of rotatable bonds is 3. The minimum atomic E-state index is -4.68. The predicted octanol–water partition coefficient (Wildman–Crippen LogP) is 1.53. The number of nitrogens with two attached hydrogens (primary N) is 2. The molecule has 1 aromatic carbocycles. The standard InChI is InChI=1S/C13H13F3N6O2/c1-23-12(18)21-11(17)19-6-7-2-4-8(5-3-7)9-20-10(24-22-9)13(14,15)16/h2-5H,6H2,1H3,(H4,17,18,19,21). The monoisotopic (exact) mass is 342 g/mol. The second-order valence-corrected chi connectivity index (χ2v) is 4.45. The summed E-state index contributed by atoms with van der Waals surface area (Å²) in [5, 5.41) is 3.30. The molecule has 0 amide bonds. The summed E-state index contributed by atoms with van der Waals surface area (Å²) in [6.07, 6.45) is -4.68. The number of hydrogen-bond acceptors (Lipinski definition) is 5. The molecule has 0 unspecified atom stereocenters. The van der Waals surface area contributed by atoms with Crippen LogP contribution in [0.25, 0.3) is 11.4 Å². The highest BCUT2D eigenvalue weighted by atomic mass is 19.4. The fourth-order valence-electron chi connectivity index (χ4n) is 1.58. The molecule has 0 aliphatic rings. The van der Waals surface area contributed by atoms with Crippen LogP contribution in [0.4, 0.5) is 13.2 Å². The van der Waals surface area contributed by atoms with Gasteiger partial charge in [-0.3, -0.25) is 0 Å². The van der Waals surface area contributed by atoms with E-state index in [4.69, 9.17) is 11.5 Å². The zero-order valence-corrected chi connectivity index (χ0v) is 12.4. The number of halogens is 3. The van der Waals surface area contributed by atoms with Crippen molar-refractivity contribution >= 4 is 12.0 Å². The van der Waals surface area contributed by atoms with Gasteiger partial charge in [0, 0.05) is 5.56 Å². The lowest BCUT2D eigenvalue weighted by molar-refractivity contribution is -0.159. The van der Waals surface area contributed by atoms with Gasteiger partial charge in [0.25, 0.3) is 6.02 Å².